The number of aliphatic imine (C=N–C) groups is 2. The molecule has 0 fully saturated rings. The van der Waals surface area contributed by atoms with Gasteiger partial charge in [0.15, 0.2) is 5.84 Å². The van der Waals surface area contributed by atoms with Crippen LogP contribution < -0.4 is 10.2 Å². The summed E-state index contributed by atoms with van der Waals surface area (Å²) in [4.78, 5) is 16.4. The van der Waals surface area contributed by atoms with Crippen molar-refractivity contribution in [1.29, 1.82) is 0 Å². The number of fused-ring (bicyclic) bond motifs is 9. The number of ether oxygens (including phenoxy) is 1. The summed E-state index contributed by atoms with van der Waals surface area (Å²) in [5, 5.41) is 3.89. The largest absolute Gasteiger partial charge is 0.489 e. The van der Waals surface area contributed by atoms with Gasteiger partial charge >= 0.3 is 0 Å². The van der Waals surface area contributed by atoms with Gasteiger partial charge in [-0.1, -0.05) is 121 Å². The predicted molar refractivity (Wildman–Crippen MR) is 239 cm³/mol. The Balaban J connectivity index is 0.917. The van der Waals surface area contributed by atoms with Crippen LogP contribution in [0.2, 0.25) is 0 Å². The van der Waals surface area contributed by atoms with Gasteiger partial charge in [0.2, 0.25) is 0 Å². The molecule has 3 aliphatic heterocycles. The number of nitrogens with one attached hydrogen (secondary N) is 1. The minimum atomic E-state index is -0.280. The van der Waals surface area contributed by atoms with E-state index >= 15 is 0 Å². The molecule has 3 aromatic carbocycles. The minimum Gasteiger partial charge on any atom is -0.489 e. The number of benzene rings is 3. The highest BCUT2D eigenvalue weighted by molar-refractivity contribution is 7.13. The van der Waals surface area contributed by atoms with Gasteiger partial charge in [0.1, 0.15) is 23.9 Å². The van der Waals surface area contributed by atoms with Crippen molar-refractivity contribution in [2.24, 2.45) is 21.3 Å². The van der Waals surface area contributed by atoms with E-state index < -0.39 is 0 Å². The molecule has 1 aromatic heterocycles. The van der Waals surface area contributed by atoms with Gasteiger partial charge in [-0.3, -0.25) is 0 Å². The Labute approximate surface area is 345 Å². The van der Waals surface area contributed by atoms with Crippen LogP contribution in [0.5, 0.6) is 0 Å². The molecule has 58 heavy (non-hydrogen) atoms. The van der Waals surface area contributed by atoms with E-state index in [9.17, 15) is 0 Å². The second-order valence-corrected chi connectivity index (χ2v) is 18.2. The summed E-state index contributed by atoms with van der Waals surface area (Å²) in [7, 11) is 0. The van der Waals surface area contributed by atoms with Gasteiger partial charge in [0.05, 0.1) is 6.04 Å². The summed E-state index contributed by atoms with van der Waals surface area (Å²) in [5.41, 5.74) is 13.0. The SMILES string of the molecule is CC12C=C(N3c4ccccc4C4c5sc6c(c5C=CC43)CCC=C6)CCC1OC1=C2C(C2N=C(c3ccc(-c4ccccc4)cc3)N=C(C3=CC=CCC3)N2)CC=C1. The maximum atomic E-state index is 6.97. The van der Waals surface area contributed by atoms with Crippen LogP contribution in [0.3, 0.4) is 0 Å². The first-order valence-corrected chi connectivity index (χ1v) is 22.1. The summed E-state index contributed by atoms with van der Waals surface area (Å²) in [6.07, 6.45) is 30.5. The predicted octanol–water partition coefficient (Wildman–Crippen LogP) is 11.7. The second kappa shape index (κ2) is 13.4. The highest BCUT2D eigenvalue weighted by Gasteiger charge is 2.54. The summed E-state index contributed by atoms with van der Waals surface area (Å²) in [6.45, 7) is 2.44. The van der Waals surface area contributed by atoms with E-state index in [1.54, 1.807) is 10.4 Å². The Morgan fingerprint density at radius 3 is 2.55 bits per heavy atom. The maximum Gasteiger partial charge on any atom is 0.159 e. The number of amidine groups is 2. The lowest BCUT2D eigenvalue weighted by atomic mass is 9.66. The number of nitrogens with zero attached hydrogens (tertiary/aromatic N) is 3. The zero-order chi connectivity index (χ0) is 38.4. The fourth-order valence-electron chi connectivity index (χ4n) is 11.1. The number of hydrogen-bond acceptors (Lipinski definition) is 6. The molecule has 6 unspecified atom stereocenters. The van der Waals surface area contributed by atoms with Gasteiger partial charge in [0, 0.05) is 44.0 Å². The number of para-hydroxylation sites is 1. The van der Waals surface area contributed by atoms with E-state index in [-0.39, 0.29) is 29.6 Å². The van der Waals surface area contributed by atoms with Crippen molar-refractivity contribution in [2.45, 2.75) is 76.1 Å². The van der Waals surface area contributed by atoms with Crippen LogP contribution in [0.15, 0.2) is 160 Å². The lowest BCUT2D eigenvalue weighted by molar-refractivity contribution is 0.0795. The molecule has 286 valence electrons. The maximum absolute atomic E-state index is 6.97. The van der Waals surface area contributed by atoms with Gasteiger partial charge in [0.25, 0.3) is 0 Å². The second-order valence-electron chi connectivity index (χ2n) is 17.1. The zero-order valence-electron chi connectivity index (χ0n) is 32.8. The number of allylic oxidation sites excluding steroid dienone is 7. The number of rotatable bonds is 5. The molecule has 5 aliphatic carbocycles. The summed E-state index contributed by atoms with van der Waals surface area (Å²) in [5.74, 6) is 3.22. The fraction of sp³-hybridized carbons (Fsp3) is 0.269. The third-order valence-electron chi connectivity index (χ3n) is 13.8. The third kappa shape index (κ3) is 5.34. The van der Waals surface area contributed by atoms with Crippen molar-refractivity contribution in [2.75, 3.05) is 4.90 Å². The van der Waals surface area contributed by atoms with Crippen LogP contribution in [-0.4, -0.2) is 30.0 Å². The topological polar surface area (TPSA) is 49.2 Å². The van der Waals surface area contributed by atoms with Crippen LogP contribution in [-0.2, 0) is 11.2 Å². The smallest absolute Gasteiger partial charge is 0.159 e. The normalized spacial score (nSPS) is 28.5. The zero-order valence-corrected chi connectivity index (χ0v) is 33.6. The van der Waals surface area contributed by atoms with Gasteiger partial charge < -0.3 is 15.0 Å². The lowest BCUT2D eigenvalue weighted by Gasteiger charge is -2.42. The van der Waals surface area contributed by atoms with Gasteiger partial charge in [-0.15, -0.1) is 11.3 Å². The molecule has 0 saturated heterocycles. The van der Waals surface area contributed by atoms with Crippen LogP contribution in [0.25, 0.3) is 23.3 Å². The van der Waals surface area contributed by atoms with Crippen molar-refractivity contribution >= 4 is 40.8 Å². The monoisotopic (exact) mass is 774 g/mol. The van der Waals surface area contributed by atoms with Crippen molar-refractivity contribution < 1.29 is 4.74 Å². The van der Waals surface area contributed by atoms with E-state index in [4.69, 9.17) is 14.7 Å². The van der Waals surface area contributed by atoms with E-state index in [0.29, 0.717) is 5.92 Å². The molecule has 0 amide bonds. The van der Waals surface area contributed by atoms with Gasteiger partial charge in [-0.2, -0.15) is 0 Å². The first kappa shape index (κ1) is 34.3. The number of hydrogen-bond donors (Lipinski definition) is 1. The molecule has 1 N–H and O–H groups in total. The van der Waals surface area contributed by atoms with Crippen molar-refractivity contribution in [3.63, 3.8) is 0 Å². The molecule has 4 heterocycles. The van der Waals surface area contributed by atoms with E-state index in [0.717, 1.165) is 67.9 Å². The lowest BCUT2D eigenvalue weighted by Crippen LogP contribution is -2.47. The van der Waals surface area contributed by atoms with Crippen LogP contribution in [0.1, 0.15) is 83.4 Å². The molecule has 0 bridgehead atoms. The Morgan fingerprint density at radius 2 is 1.67 bits per heavy atom. The Hall–Kier alpha value is -5.72. The average Bonchev–Trinajstić information content (AvgIpc) is 3.93. The summed E-state index contributed by atoms with van der Waals surface area (Å²) >= 11 is 2.02. The standard InChI is InChI=1S/C52H46N4OS/c1-52-31-36(56-41-20-10-8-18-39(41)46-42(56)29-28-38-37-17-9-11-22-44(37)58-48(38)46)27-30-45(52)57-43-21-12-19-40(47(43)52)51-54-49(34-15-6-3-7-16-34)53-50(55-51)35-25-23-33(24-26-35)32-13-4-2-5-14-32/h2-6,8,10-15,18,20-26,28-29,31,40,42,45-46,51H,7,9,16-17,19,27,30H2,1H3,(H,53,54,55). The van der Waals surface area contributed by atoms with Crippen molar-refractivity contribution in [3.05, 3.63) is 182 Å². The van der Waals surface area contributed by atoms with E-state index in [1.165, 1.54) is 49.7 Å². The summed E-state index contributed by atoms with van der Waals surface area (Å²) in [6, 6.07) is 28.8. The van der Waals surface area contributed by atoms with E-state index in [1.807, 2.05) is 11.3 Å². The Bertz CT molecular complexity index is 2650. The molecule has 0 saturated carbocycles. The average molecular weight is 775 g/mol. The van der Waals surface area contributed by atoms with Crippen molar-refractivity contribution in [1.82, 2.24) is 5.32 Å². The Kier molecular flexibility index (Phi) is 7.94. The molecule has 5 nitrogen and oxygen atoms in total. The van der Waals surface area contributed by atoms with Gasteiger partial charge in [-0.05, 0) is 109 Å². The first-order chi connectivity index (χ1) is 28.6. The molecule has 4 aromatic rings. The van der Waals surface area contributed by atoms with Crippen molar-refractivity contribution in [3.8, 4) is 11.1 Å². The molecular weight excluding hydrogens is 729 g/mol. The van der Waals surface area contributed by atoms with Crippen LogP contribution >= 0.6 is 11.3 Å². The molecule has 12 rings (SSSR count). The quantitative estimate of drug-likeness (QED) is 0.220. The van der Waals surface area contributed by atoms with Gasteiger partial charge in [-0.25, -0.2) is 9.98 Å². The molecular formula is C52H46N4OS. The molecule has 6 heteroatoms. The third-order valence-corrected chi connectivity index (χ3v) is 15.1. The molecule has 6 atom stereocenters. The molecule has 0 spiro atoms. The highest BCUT2D eigenvalue weighted by atomic mass is 32.1. The summed E-state index contributed by atoms with van der Waals surface area (Å²) < 4.78 is 6.97. The first-order valence-electron chi connectivity index (χ1n) is 21.2. The van der Waals surface area contributed by atoms with Crippen LogP contribution in [0.4, 0.5) is 5.69 Å². The number of thiophene rings is 1. The Morgan fingerprint density at radius 1 is 0.845 bits per heavy atom. The van der Waals surface area contributed by atoms with E-state index in [2.05, 4.69) is 157 Å². The number of anilines is 1. The highest BCUT2D eigenvalue weighted by Crippen LogP contribution is 2.58. The minimum absolute atomic E-state index is 0.0846. The van der Waals surface area contributed by atoms with Crippen LogP contribution in [0, 0.1) is 11.3 Å². The fourth-order valence-corrected chi connectivity index (χ4v) is 12.5. The molecule has 8 aliphatic rings. The molecule has 0 radical (unpaired) electrons.